The SMILES string of the molecule is Cc1cc(C(=O)Nc2c(C)cc(S(=O)(=O)Cl)cc2C)no1. The third-order valence-electron chi connectivity index (χ3n) is 2.89. The van der Waals surface area contributed by atoms with Gasteiger partial charge < -0.3 is 9.84 Å². The number of benzene rings is 1. The highest BCUT2D eigenvalue weighted by molar-refractivity contribution is 8.13. The van der Waals surface area contributed by atoms with Gasteiger partial charge in [0, 0.05) is 22.4 Å². The molecule has 0 atom stereocenters. The summed E-state index contributed by atoms with van der Waals surface area (Å²) in [5, 5.41) is 6.31. The van der Waals surface area contributed by atoms with Crippen LogP contribution in [0.15, 0.2) is 27.6 Å². The Bertz CT molecular complexity index is 788. The lowest BCUT2D eigenvalue weighted by atomic mass is 10.1. The number of nitrogens with zero attached hydrogens (tertiary/aromatic N) is 1. The van der Waals surface area contributed by atoms with E-state index in [0.717, 1.165) is 0 Å². The summed E-state index contributed by atoms with van der Waals surface area (Å²) in [5.74, 6) is 0.0942. The molecule has 0 aliphatic heterocycles. The molecule has 0 saturated heterocycles. The lowest BCUT2D eigenvalue weighted by Gasteiger charge is -2.12. The number of anilines is 1. The van der Waals surface area contributed by atoms with Crippen LogP contribution in [-0.4, -0.2) is 19.5 Å². The molecule has 0 spiro atoms. The van der Waals surface area contributed by atoms with E-state index in [1.807, 2.05) is 0 Å². The first-order chi connectivity index (χ1) is 9.68. The molecule has 0 aliphatic carbocycles. The van der Waals surface area contributed by atoms with Crippen molar-refractivity contribution >= 4 is 31.3 Å². The van der Waals surface area contributed by atoms with Crippen LogP contribution in [0.25, 0.3) is 0 Å². The van der Waals surface area contributed by atoms with Crippen molar-refractivity contribution in [2.75, 3.05) is 5.32 Å². The van der Waals surface area contributed by atoms with Crippen molar-refractivity contribution in [1.29, 1.82) is 0 Å². The topological polar surface area (TPSA) is 89.3 Å². The van der Waals surface area contributed by atoms with Gasteiger partial charge in [-0.2, -0.15) is 0 Å². The maximum Gasteiger partial charge on any atom is 0.277 e. The third-order valence-corrected chi connectivity index (χ3v) is 4.22. The van der Waals surface area contributed by atoms with Crippen molar-refractivity contribution < 1.29 is 17.7 Å². The zero-order valence-corrected chi connectivity index (χ0v) is 13.2. The Hall–Kier alpha value is -1.86. The molecular weight excluding hydrogens is 316 g/mol. The molecule has 21 heavy (non-hydrogen) atoms. The minimum Gasteiger partial charge on any atom is -0.361 e. The van der Waals surface area contributed by atoms with E-state index in [1.54, 1.807) is 20.8 Å². The molecule has 6 nitrogen and oxygen atoms in total. The van der Waals surface area contributed by atoms with Gasteiger partial charge in [0.15, 0.2) is 5.69 Å². The number of hydrogen-bond donors (Lipinski definition) is 1. The number of carbonyl (C=O) groups excluding carboxylic acids is 1. The molecule has 2 aromatic rings. The standard InChI is InChI=1S/C13H13ClN2O4S/c1-7-4-10(21(14,18)19)5-8(2)12(7)15-13(17)11-6-9(3)20-16-11/h4-6H,1-3H3,(H,15,17). The second kappa shape index (κ2) is 5.50. The fraction of sp³-hybridized carbons (Fsp3) is 0.231. The summed E-state index contributed by atoms with van der Waals surface area (Å²) >= 11 is 0. The molecule has 1 aromatic heterocycles. The Balaban J connectivity index is 2.35. The molecule has 1 amide bonds. The summed E-state index contributed by atoms with van der Waals surface area (Å²) in [6.45, 7) is 5.05. The highest BCUT2D eigenvalue weighted by Gasteiger charge is 2.17. The van der Waals surface area contributed by atoms with Crippen LogP contribution in [0.4, 0.5) is 5.69 Å². The smallest absolute Gasteiger partial charge is 0.277 e. The first-order valence-electron chi connectivity index (χ1n) is 5.99. The van der Waals surface area contributed by atoms with E-state index in [4.69, 9.17) is 15.2 Å². The monoisotopic (exact) mass is 328 g/mol. The normalized spacial score (nSPS) is 11.4. The van der Waals surface area contributed by atoms with Gasteiger partial charge in [0.2, 0.25) is 0 Å². The molecule has 0 saturated carbocycles. The predicted octanol–water partition coefficient (Wildman–Crippen LogP) is 2.78. The highest BCUT2D eigenvalue weighted by Crippen LogP contribution is 2.26. The van der Waals surface area contributed by atoms with Crippen LogP contribution in [0.5, 0.6) is 0 Å². The molecule has 1 aromatic carbocycles. The molecule has 0 aliphatic rings. The van der Waals surface area contributed by atoms with E-state index in [1.165, 1.54) is 18.2 Å². The number of hydrogen-bond acceptors (Lipinski definition) is 5. The Morgan fingerprint density at radius 1 is 1.19 bits per heavy atom. The van der Waals surface area contributed by atoms with Crippen LogP contribution >= 0.6 is 10.7 Å². The lowest BCUT2D eigenvalue weighted by Crippen LogP contribution is -2.14. The van der Waals surface area contributed by atoms with Crippen molar-refractivity contribution in [1.82, 2.24) is 5.16 Å². The zero-order chi connectivity index (χ0) is 15.8. The fourth-order valence-corrected chi connectivity index (χ4v) is 2.82. The Kier molecular flexibility index (Phi) is 4.06. The van der Waals surface area contributed by atoms with Crippen molar-refractivity contribution in [2.24, 2.45) is 0 Å². The first-order valence-corrected chi connectivity index (χ1v) is 8.30. The van der Waals surface area contributed by atoms with E-state index in [0.29, 0.717) is 22.6 Å². The minimum absolute atomic E-state index is 0.00514. The number of rotatable bonds is 3. The van der Waals surface area contributed by atoms with Gasteiger partial charge in [-0.3, -0.25) is 4.79 Å². The molecule has 0 bridgehead atoms. The first kappa shape index (κ1) is 15.5. The molecule has 0 radical (unpaired) electrons. The van der Waals surface area contributed by atoms with Gasteiger partial charge in [0.05, 0.1) is 4.90 Å². The largest absolute Gasteiger partial charge is 0.361 e. The number of aromatic nitrogens is 1. The number of carbonyl (C=O) groups is 1. The highest BCUT2D eigenvalue weighted by atomic mass is 35.7. The maximum atomic E-state index is 12.0. The van der Waals surface area contributed by atoms with Gasteiger partial charge in [0.1, 0.15) is 5.76 Å². The van der Waals surface area contributed by atoms with Crippen molar-refractivity contribution in [2.45, 2.75) is 25.7 Å². The summed E-state index contributed by atoms with van der Waals surface area (Å²) in [4.78, 5) is 12.0. The molecular formula is C13H13ClN2O4S. The van der Waals surface area contributed by atoms with Crippen LogP contribution in [0.3, 0.4) is 0 Å². The number of aryl methyl sites for hydroxylation is 3. The predicted molar refractivity (Wildman–Crippen MR) is 78.1 cm³/mol. The second-order valence-electron chi connectivity index (χ2n) is 4.65. The minimum atomic E-state index is -3.81. The van der Waals surface area contributed by atoms with E-state index >= 15 is 0 Å². The zero-order valence-electron chi connectivity index (χ0n) is 11.6. The molecule has 1 heterocycles. The summed E-state index contributed by atoms with van der Waals surface area (Å²) in [5.41, 5.74) is 1.84. The summed E-state index contributed by atoms with van der Waals surface area (Å²) in [7, 11) is 1.51. The van der Waals surface area contributed by atoms with E-state index < -0.39 is 15.0 Å². The molecule has 2 rings (SSSR count). The summed E-state index contributed by atoms with van der Waals surface area (Å²) in [6, 6.07) is 4.32. The van der Waals surface area contributed by atoms with Gasteiger partial charge in [-0.05, 0) is 44.0 Å². The van der Waals surface area contributed by atoms with E-state index in [2.05, 4.69) is 10.5 Å². The molecule has 1 N–H and O–H groups in total. The Labute approximate surface area is 126 Å². The maximum absolute atomic E-state index is 12.0. The molecule has 112 valence electrons. The fourth-order valence-electron chi connectivity index (χ4n) is 1.91. The van der Waals surface area contributed by atoms with Crippen LogP contribution < -0.4 is 5.32 Å². The van der Waals surface area contributed by atoms with E-state index in [9.17, 15) is 13.2 Å². The van der Waals surface area contributed by atoms with Crippen molar-refractivity contribution in [3.05, 3.63) is 40.8 Å². The van der Waals surface area contributed by atoms with Gasteiger partial charge >= 0.3 is 0 Å². The van der Waals surface area contributed by atoms with Crippen LogP contribution in [-0.2, 0) is 9.05 Å². The average molecular weight is 329 g/mol. The number of nitrogens with one attached hydrogen (secondary N) is 1. The molecule has 0 unspecified atom stereocenters. The van der Waals surface area contributed by atoms with Gasteiger partial charge in [-0.25, -0.2) is 8.42 Å². The second-order valence-corrected chi connectivity index (χ2v) is 7.21. The molecule has 8 heteroatoms. The summed E-state index contributed by atoms with van der Waals surface area (Å²) in [6.07, 6.45) is 0. The van der Waals surface area contributed by atoms with Gasteiger partial charge in [-0.1, -0.05) is 5.16 Å². The van der Waals surface area contributed by atoms with Crippen LogP contribution in [0, 0.1) is 20.8 Å². The number of halogens is 1. The lowest BCUT2D eigenvalue weighted by molar-refractivity contribution is 0.101. The average Bonchev–Trinajstić information content (AvgIpc) is 2.79. The summed E-state index contributed by atoms with van der Waals surface area (Å²) < 4.78 is 27.5. The van der Waals surface area contributed by atoms with Gasteiger partial charge in [0.25, 0.3) is 15.0 Å². The van der Waals surface area contributed by atoms with Crippen LogP contribution in [0.1, 0.15) is 27.4 Å². The quantitative estimate of drug-likeness (QED) is 0.875. The van der Waals surface area contributed by atoms with Crippen molar-refractivity contribution in [3.8, 4) is 0 Å². The Morgan fingerprint density at radius 2 is 1.76 bits per heavy atom. The molecule has 0 fully saturated rings. The van der Waals surface area contributed by atoms with Crippen LogP contribution in [0.2, 0.25) is 0 Å². The number of amides is 1. The van der Waals surface area contributed by atoms with Crippen molar-refractivity contribution in [3.63, 3.8) is 0 Å². The van der Waals surface area contributed by atoms with E-state index in [-0.39, 0.29) is 10.6 Å². The van der Waals surface area contributed by atoms with Gasteiger partial charge in [-0.15, -0.1) is 0 Å². The third kappa shape index (κ3) is 3.43. The Morgan fingerprint density at radius 3 is 2.19 bits per heavy atom.